The number of ether oxygens (including phenoxy) is 1. The maximum atomic E-state index is 11.9. The van der Waals surface area contributed by atoms with Crippen LogP contribution in [-0.2, 0) is 11.2 Å². The first-order valence-electron chi connectivity index (χ1n) is 9.27. The summed E-state index contributed by atoms with van der Waals surface area (Å²) in [6, 6.07) is 3.16. The van der Waals surface area contributed by atoms with E-state index in [4.69, 9.17) is 10.5 Å². The summed E-state index contributed by atoms with van der Waals surface area (Å²) in [6.07, 6.45) is 1.73. The van der Waals surface area contributed by atoms with Gasteiger partial charge in [-0.05, 0) is 39.8 Å². The molecule has 0 aliphatic heterocycles. The topological polar surface area (TPSA) is 120 Å². The minimum absolute atomic E-state index is 0.127. The summed E-state index contributed by atoms with van der Waals surface area (Å²) in [4.78, 5) is 37.0. The van der Waals surface area contributed by atoms with Crippen molar-refractivity contribution < 1.29 is 14.3 Å². The van der Waals surface area contributed by atoms with Gasteiger partial charge in [0.1, 0.15) is 27.7 Å². The lowest BCUT2D eigenvalue weighted by molar-refractivity contribution is 0.0508. The Balaban J connectivity index is 1.69. The molecule has 8 nitrogen and oxygen atoms in total. The highest BCUT2D eigenvalue weighted by Crippen LogP contribution is 2.30. The molecule has 1 atom stereocenters. The molecule has 0 saturated carbocycles. The van der Waals surface area contributed by atoms with Crippen LogP contribution < -0.4 is 11.1 Å². The first-order valence-corrected chi connectivity index (χ1v) is 11.0. The van der Waals surface area contributed by atoms with Crippen LogP contribution in [0.25, 0.3) is 22.1 Å². The van der Waals surface area contributed by atoms with Crippen LogP contribution in [0.5, 0.6) is 0 Å². The van der Waals surface area contributed by atoms with E-state index in [-0.39, 0.29) is 6.04 Å². The van der Waals surface area contributed by atoms with Gasteiger partial charge < -0.3 is 15.8 Å². The Bertz CT molecular complexity index is 1050. The molecule has 0 unspecified atom stereocenters. The lowest BCUT2D eigenvalue weighted by Crippen LogP contribution is -2.38. The van der Waals surface area contributed by atoms with Crippen molar-refractivity contribution in [3.8, 4) is 22.1 Å². The third-order valence-corrected chi connectivity index (χ3v) is 5.57. The predicted octanol–water partition coefficient (Wildman–Crippen LogP) is 3.88. The first kappa shape index (κ1) is 21.8. The van der Waals surface area contributed by atoms with Crippen LogP contribution in [0.1, 0.15) is 43.1 Å². The Hall–Kier alpha value is -2.85. The van der Waals surface area contributed by atoms with E-state index in [1.165, 1.54) is 22.7 Å². The molecule has 0 aromatic carbocycles. The molecule has 0 radical (unpaired) electrons. The summed E-state index contributed by atoms with van der Waals surface area (Å²) < 4.78 is 5.28. The number of pyridine rings is 1. The number of hydrogen-bond acceptors (Lipinski definition) is 8. The SMILES string of the molecule is C[C@@H](Cc1nc(-c2nc(-c3ncccc3C(N)=O)cs2)cs1)NC(=O)OC(C)(C)C. The van der Waals surface area contributed by atoms with Gasteiger partial charge in [-0.3, -0.25) is 9.78 Å². The Labute approximate surface area is 182 Å². The Kier molecular flexibility index (Phi) is 6.47. The molecule has 3 aromatic rings. The number of aromatic nitrogens is 3. The Morgan fingerprint density at radius 3 is 2.63 bits per heavy atom. The van der Waals surface area contributed by atoms with Gasteiger partial charge in [0, 0.05) is 29.4 Å². The molecular formula is C20H23N5O3S2. The van der Waals surface area contributed by atoms with Gasteiger partial charge in [-0.25, -0.2) is 14.8 Å². The van der Waals surface area contributed by atoms with Crippen molar-refractivity contribution in [2.45, 2.75) is 45.8 Å². The van der Waals surface area contributed by atoms with Gasteiger partial charge >= 0.3 is 6.09 Å². The molecular weight excluding hydrogens is 422 g/mol. The largest absolute Gasteiger partial charge is 0.444 e. The number of alkyl carbamates (subject to hydrolysis) is 1. The number of amides is 2. The molecule has 3 heterocycles. The second-order valence-electron chi connectivity index (χ2n) is 7.68. The molecule has 0 spiro atoms. The predicted molar refractivity (Wildman–Crippen MR) is 118 cm³/mol. The number of rotatable bonds is 6. The molecule has 158 valence electrons. The molecule has 0 aliphatic rings. The number of hydrogen-bond donors (Lipinski definition) is 2. The zero-order valence-electron chi connectivity index (χ0n) is 17.1. The Morgan fingerprint density at radius 1 is 1.20 bits per heavy atom. The minimum Gasteiger partial charge on any atom is -0.444 e. The number of carbonyl (C=O) groups excluding carboxylic acids is 2. The highest BCUT2D eigenvalue weighted by molar-refractivity contribution is 7.14. The third kappa shape index (κ3) is 5.61. The molecule has 0 bridgehead atoms. The van der Waals surface area contributed by atoms with Crippen molar-refractivity contribution in [2.24, 2.45) is 5.73 Å². The Morgan fingerprint density at radius 2 is 1.93 bits per heavy atom. The molecule has 3 N–H and O–H groups in total. The van der Waals surface area contributed by atoms with Crippen molar-refractivity contribution >= 4 is 34.7 Å². The number of nitrogens with one attached hydrogen (secondary N) is 1. The summed E-state index contributed by atoms with van der Waals surface area (Å²) in [5, 5.41) is 8.17. The first-order chi connectivity index (χ1) is 14.1. The van der Waals surface area contributed by atoms with Gasteiger partial charge in [0.2, 0.25) is 0 Å². The molecule has 3 aromatic heterocycles. The van der Waals surface area contributed by atoms with Crippen molar-refractivity contribution in [3.63, 3.8) is 0 Å². The van der Waals surface area contributed by atoms with Crippen LogP contribution in [0, 0.1) is 0 Å². The molecule has 0 fully saturated rings. The third-order valence-electron chi connectivity index (χ3n) is 3.83. The smallest absolute Gasteiger partial charge is 0.407 e. The van der Waals surface area contributed by atoms with Crippen molar-refractivity contribution in [1.82, 2.24) is 20.3 Å². The van der Waals surface area contributed by atoms with Crippen molar-refractivity contribution in [2.75, 3.05) is 0 Å². The van der Waals surface area contributed by atoms with Gasteiger partial charge in [-0.2, -0.15) is 0 Å². The van der Waals surface area contributed by atoms with E-state index in [9.17, 15) is 9.59 Å². The summed E-state index contributed by atoms with van der Waals surface area (Å²) in [7, 11) is 0. The average molecular weight is 446 g/mol. The summed E-state index contributed by atoms with van der Waals surface area (Å²) in [5.74, 6) is -0.546. The number of carbonyl (C=O) groups is 2. The van der Waals surface area contributed by atoms with E-state index in [2.05, 4.69) is 20.3 Å². The van der Waals surface area contributed by atoms with Gasteiger partial charge in [0.25, 0.3) is 5.91 Å². The number of thiazole rings is 2. The van der Waals surface area contributed by atoms with Gasteiger partial charge in [0.05, 0.1) is 10.6 Å². The van der Waals surface area contributed by atoms with Crippen LogP contribution in [0.4, 0.5) is 4.79 Å². The maximum Gasteiger partial charge on any atom is 0.407 e. The van der Waals surface area contributed by atoms with E-state index in [0.29, 0.717) is 23.4 Å². The standard InChI is InChI=1S/C20H23N5O3S2/c1-11(23-19(27)28-20(2,3)4)8-15-24-14(10-29-15)18-25-13(9-30-18)16-12(17(21)26)6-5-7-22-16/h5-7,9-11H,8H2,1-4H3,(H2,21,26)(H,23,27)/t11-/m0/s1. The highest BCUT2D eigenvalue weighted by Gasteiger charge is 2.19. The molecule has 10 heteroatoms. The fraction of sp³-hybridized carbons (Fsp3) is 0.350. The highest BCUT2D eigenvalue weighted by atomic mass is 32.1. The van der Waals surface area contributed by atoms with Crippen LogP contribution in [0.3, 0.4) is 0 Å². The quantitative estimate of drug-likeness (QED) is 0.594. The lowest BCUT2D eigenvalue weighted by Gasteiger charge is -2.21. The monoisotopic (exact) mass is 445 g/mol. The summed E-state index contributed by atoms with van der Waals surface area (Å²) in [6.45, 7) is 7.37. The van der Waals surface area contributed by atoms with Gasteiger partial charge in [0.15, 0.2) is 0 Å². The van der Waals surface area contributed by atoms with Gasteiger partial charge in [-0.1, -0.05) is 0 Å². The van der Waals surface area contributed by atoms with Crippen LogP contribution in [-0.4, -0.2) is 38.6 Å². The molecule has 0 saturated heterocycles. The normalized spacial score (nSPS) is 12.4. The number of nitrogens with zero attached hydrogens (tertiary/aromatic N) is 3. The fourth-order valence-electron chi connectivity index (χ4n) is 2.63. The zero-order chi connectivity index (χ0) is 21.9. The number of nitrogens with two attached hydrogens (primary N) is 1. The molecule has 3 rings (SSSR count). The molecule has 30 heavy (non-hydrogen) atoms. The fourth-order valence-corrected chi connectivity index (χ4v) is 4.38. The van der Waals surface area contributed by atoms with Crippen LogP contribution in [0.2, 0.25) is 0 Å². The molecule has 2 amide bonds. The second-order valence-corrected chi connectivity index (χ2v) is 9.48. The van der Waals surface area contributed by atoms with E-state index >= 15 is 0 Å². The van der Waals surface area contributed by atoms with Gasteiger partial charge in [-0.15, -0.1) is 22.7 Å². The van der Waals surface area contributed by atoms with Crippen molar-refractivity contribution in [1.29, 1.82) is 0 Å². The van der Waals surface area contributed by atoms with E-state index in [1.807, 2.05) is 38.5 Å². The minimum atomic E-state index is -0.546. The second kappa shape index (κ2) is 8.88. The van der Waals surface area contributed by atoms with E-state index < -0.39 is 17.6 Å². The van der Waals surface area contributed by atoms with Crippen LogP contribution in [0.15, 0.2) is 29.1 Å². The lowest BCUT2D eigenvalue weighted by atomic mass is 10.1. The van der Waals surface area contributed by atoms with E-state index in [1.54, 1.807) is 18.3 Å². The van der Waals surface area contributed by atoms with Crippen molar-refractivity contribution in [3.05, 3.63) is 39.7 Å². The van der Waals surface area contributed by atoms with E-state index in [0.717, 1.165) is 15.7 Å². The molecule has 0 aliphatic carbocycles. The summed E-state index contributed by atoms with van der Waals surface area (Å²) >= 11 is 2.92. The average Bonchev–Trinajstić information content (AvgIpc) is 3.29. The number of primary amides is 1. The van der Waals surface area contributed by atoms with Crippen LogP contribution >= 0.6 is 22.7 Å². The summed E-state index contributed by atoms with van der Waals surface area (Å²) in [5.41, 5.74) is 7.01. The zero-order valence-corrected chi connectivity index (χ0v) is 18.8. The maximum absolute atomic E-state index is 11.9.